The number of hydrogen-bond acceptors (Lipinski definition) is 4. The Labute approximate surface area is 102 Å². The molecular weight excluding hydrogens is 236 g/mol. The number of rotatable bonds is 1. The van der Waals surface area contributed by atoms with E-state index in [1.54, 1.807) is 4.90 Å². The van der Waals surface area contributed by atoms with Crippen molar-refractivity contribution in [3.8, 4) is 0 Å². The van der Waals surface area contributed by atoms with Crippen molar-refractivity contribution < 1.29 is 4.79 Å². The lowest BCUT2D eigenvalue weighted by Crippen LogP contribution is -2.37. The number of nitrogens with one attached hydrogen (secondary N) is 3. The van der Waals surface area contributed by atoms with Crippen molar-refractivity contribution in [3.05, 3.63) is 32.6 Å². The first kappa shape index (κ1) is 11.2. The summed E-state index contributed by atoms with van der Waals surface area (Å²) in [6.07, 6.45) is 1.19. The van der Waals surface area contributed by atoms with Gasteiger partial charge in [0.2, 0.25) is 0 Å². The van der Waals surface area contributed by atoms with E-state index >= 15 is 0 Å². The molecule has 1 amide bonds. The highest BCUT2D eigenvalue weighted by atomic mass is 16.2. The molecule has 2 aliphatic rings. The van der Waals surface area contributed by atoms with Gasteiger partial charge in [-0.3, -0.25) is 14.6 Å². The third-order valence-electron chi connectivity index (χ3n) is 3.73. The first-order chi connectivity index (χ1) is 8.65. The fraction of sp³-hybridized carbons (Fsp3) is 0.545. The van der Waals surface area contributed by atoms with Gasteiger partial charge in [0.1, 0.15) is 5.56 Å². The van der Waals surface area contributed by atoms with E-state index < -0.39 is 11.2 Å². The lowest BCUT2D eigenvalue weighted by molar-refractivity contribution is 0.0779. The SMILES string of the molecule is O=C(c1c[nH]c(=O)[nH]c1=O)N1CC2CNCC2C1. The van der Waals surface area contributed by atoms with Crippen molar-refractivity contribution in [2.45, 2.75) is 0 Å². The number of aromatic amines is 2. The highest BCUT2D eigenvalue weighted by molar-refractivity contribution is 5.93. The molecule has 0 aliphatic carbocycles. The molecule has 2 fully saturated rings. The van der Waals surface area contributed by atoms with E-state index in [1.807, 2.05) is 0 Å². The zero-order valence-corrected chi connectivity index (χ0v) is 9.73. The van der Waals surface area contributed by atoms with Crippen LogP contribution in [0.1, 0.15) is 10.4 Å². The predicted octanol–water partition coefficient (Wildman–Crippen LogP) is -1.65. The lowest BCUT2D eigenvalue weighted by Gasteiger charge is -2.16. The van der Waals surface area contributed by atoms with Crippen molar-refractivity contribution in [1.29, 1.82) is 0 Å². The van der Waals surface area contributed by atoms with Gasteiger partial charge in [-0.1, -0.05) is 0 Å². The first-order valence-corrected chi connectivity index (χ1v) is 5.97. The third kappa shape index (κ3) is 1.76. The zero-order valence-electron chi connectivity index (χ0n) is 9.73. The number of H-pyrrole nitrogens is 2. The summed E-state index contributed by atoms with van der Waals surface area (Å²) in [7, 11) is 0. The average Bonchev–Trinajstić information content (AvgIpc) is 2.87. The van der Waals surface area contributed by atoms with Crippen molar-refractivity contribution >= 4 is 5.91 Å². The molecule has 0 spiro atoms. The molecule has 0 saturated carbocycles. The second kappa shape index (κ2) is 4.09. The molecule has 96 valence electrons. The number of hydrogen-bond donors (Lipinski definition) is 3. The van der Waals surface area contributed by atoms with E-state index in [0.29, 0.717) is 24.9 Å². The van der Waals surface area contributed by atoms with Gasteiger partial charge in [-0.2, -0.15) is 0 Å². The van der Waals surface area contributed by atoms with E-state index in [0.717, 1.165) is 13.1 Å². The van der Waals surface area contributed by atoms with Gasteiger partial charge in [0.05, 0.1) is 0 Å². The molecule has 3 heterocycles. The summed E-state index contributed by atoms with van der Waals surface area (Å²) in [5.74, 6) is 0.661. The Balaban J connectivity index is 1.83. The van der Waals surface area contributed by atoms with Crippen LogP contribution in [0.2, 0.25) is 0 Å². The Bertz CT molecular complexity index is 578. The van der Waals surface area contributed by atoms with E-state index in [4.69, 9.17) is 0 Å². The normalized spacial score (nSPS) is 26.3. The van der Waals surface area contributed by atoms with Gasteiger partial charge in [0.15, 0.2) is 0 Å². The summed E-state index contributed by atoms with van der Waals surface area (Å²) >= 11 is 0. The second-order valence-electron chi connectivity index (χ2n) is 4.87. The number of carbonyl (C=O) groups is 1. The Morgan fingerprint density at radius 1 is 1.22 bits per heavy atom. The van der Waals surface area contributed by atoms with E-state index in [-0.39, 0.29) is 11.5 Å². The van der Waals surface area contributed by atoms with Gasteiger partial charge in [0.25, 0.3) is 11.5 Å². The Hall–Kier alpha value is -1.89. The van der Waals surface area contributed by atoms with Crippen LogP contribution in [0.15, 0.2) is 15.8 Å². The van der Waals surface area contributed by atoms with Crippen LogP contribution in [0.5, 0.6) is 0 Å². The van der Waals surface area contributed by atoms with Crippen LogP contribution in [0.25, 0.3) is 0 Å². The fourth-order valence-electron chi connectivity index (χ4n) is 2.76. The number of aromatic nitrogens is 2. The van der Waals surface area contributed by atoms with Gasteiger partial charge in [-0.05, 0) is 11.8 Å². The minimum atomic E-state index is -0.626. The molecule has 7 nitrogen and oxygen atoms in total. The van der Waals surface area contributed by atoms with Crippen LogP contribution in [-0.2, 0) is 0 Å². The van der Waals surface area contributed by atoms with Crippen LogP contribution in [0.4, 0.5) is 0 Å². The van der Waals surface area contributed by atoms with Crippen molar-refractivity contribution in [3.63, 3.8) is 0 Å². The summed E-state index contributed by atoms with van der Waals surface area (Å²) in [5.41, 5.74) is -1.22. The van der Waals surface area contributed by atoms with E-state index in [2.05, 4.69) is 15.3 Å². The Morgan fingerprint density at radius 2 is 1.89 bits per heavy atom. The molecule has 2 saturated heterocycles. The smallest absolute Gasteiger partial charge is 0.325 e. The van der Waals surface area contributed by atoms with Gasteiger partial charge >= 0.3 is 5.69 Å². The molecule has 2 aliphatic heterocycles. The maximum Gasteiger partial charge on any atom is 0.325 e. The molecular formula is C11H14N4O3. The summed E-state index contributed by atoms with van der Waals surface area (Å²) in [4.78, 5) is 40.7. The number of likely N-dealkylation sites (tertiary alicyclic amines) is 1. The zero-order chi connectivity index (χ0) is 12.7. The van der Waals surface area contributed by atoms with E-state index in [9.17, 15) is 14.4 Å². The van der Waals surface area contributed by atoms with Crippen LogP contribution >= 0.6 is 0 Å². The minimum Gasteiger partial charge on any atom is -0.338 e. The predicted molar refractivity (Wildman–Crippen MR) is 63.4 cm³/mol. The quantitative estimate of drug-likeness (QED) is 0.556. The average molecular weight is 250 g/mol. The van der Waals surface area contributed by atoms with E-state index in [1.165, 1.54) is 6.20 Å². The summed E-state index contributed by atoms with van der Waals surface area (Å²) < 4.78 is 0. The molecule has 0 bridgehead atoms. The highest BCUT2D eigenvalue weighted by Crippen LogP contribution is 2.26. The molecule has 3 rings (SSSR count). The Morgan fingerprint density at radius 3 is 2.50 bits per heavy atom. The van der Waals surface area contributed by atoms with Crippen molar-refractivity contribution in [2.24, 2.45) is 11.8 Å². The second-order valence-corrected chi connectivity index (χ2v) is 4.87. The first-order valence-electron chi connectivity index (χ1n) is 5.97. The van der Waals surface area contributed by atoms with Crippen molar-refractivity contribution in [2.75, 3.05) is 26.2 Å². The van der Waals surface area contributed by atoms with Crippen LogP contribution in [0.3, 0.4) is 0 Å². The van der Waals surface area contributed by atoms with Crippen LogP contribution in [-0.4, -0.2) is 47.0 Å². The topological polar surface area (TPSA) is 98.1 Å². The standard InChI is InChI=1S/C11H14N4O3/c16-9-8(3-13-11(18)14-9)10(17)15-4-6-1-12-2-7(6)5-15/h3,6-7,12H,1-2,4-5H2,(H2,13,14,16,18). The monoisotopic (exact) mass is 250 g/mol. The number of amides is 1. The maximum atomic E-state index is 12.2. The molecule has 2 unspecified atom stereocenters. The van der Waals surface area contributed by atoms with Gasteiger partial charge in [0, 0.05) is 32.4 Å². The lowest BCUT2D eigenvalue weighted by atomic mass is 10.0. The summed E-state index contributed by atoms with van der Waals surface area (Å²) in [6.45, 7) is 3.21. The highest BCUT2D eigenvalue weighted by Gasteiger charge is 2.38. The number of fused-ring (bicyclic) bond motifs is 1. The maximum absolute atomic E-state index is 12.2. The molecule has 0 radical (unpaired) electrons. The van der Waals surface area contributed by atoms with Gasteiger partial charge in [-0.25, -0.2) is 4.79 Å². The minimum absolute atomic E-state index is 0.00235. The number of carbonyl (C=O) groups excluding carboxylic acids is 1. The molecule has 1 aromatic rings. The summed E-state index contributed by atoms with van der Waals surface area (Å²) in [5, 5.41) is 3.29. The molecule has 1 aromatic heterocycles. The van der Waals surface area contributed by atoms with Crippen LogP contribution in [0, 0.1) is 11.8 Å². The van der Waals surface area contributed by atoms with Gasteiger partial charge in [-0.15, -0.1) is 0 Å². The molecule has 0 aromatic carbocycles. The fourth-order valence-corrected chi connectivity index (χ4v) is 2.76. The van der Waals surface area contributed by atoms with Crippen LogP contribution < -0.4 is 16.6 Å². The van der Waals surface area contributed by atoms with Crippen molar-refractivity contribution in [1.82, 2.24) is 20.2 Å². The van der Waals surface area contributed by atoms with Gasteiger partial charge < -0.3 is 15.2 Å². The molecule has 7 heteroatoms. The number of nitrogens with zero attached hydrogens (tertiary/aromatic N) is 1. The largest absolute Gasteiger partial charge is 0.338 e. The Kier molecular flexibility index (Phi) is 2.55. The summed E-state index contributed by atoms with van der Waals surface area (Å²) in [6, 6.07) is 0. The molecule has 2 atom stereocenters. The molecule has 3 N–H and O–H groups in total. The molecule has 18 heavy (non-hydrogen) atoms. The third-order valence-corrected chi connectivity index (χ3v) is 3.73.